The zero-order valence-corrected chi connectivity index (χ0v) is 15.3. The van der Waals surface area contributed by atoms with E-state index in [2.05, 4.69) is 0 Å². The van der Waals surface area contributed by atoms with Gasteiger partial charge in [0.15, 0.2) is 11.5 Å². The van der Waals surface area contributed by atoms with Crippen molar-refractivity contribution in [2.75, 3.05) is 20.7 Å². The molecule has 2 rings (SSSR count). The van der Waals surface area contributed by atoms with Gasteiger partial charge in [-0.1, -0.05) is 23.7 Å². The first-order valence-corrected chi connectivity index (χ1v) is 8.31. The number of carboxylic acids is 1. The molecule has 0 aromatic heterocycles. The number of halogens is 1. The van der Waals surface area contributed by atoms with Gasteiger partial charge in [0.2, 0.25) is 0 Å². The Morgan fingerprint density at radius 1 is 1.12 bits per heavy atom. The van der Waals surface area contributed by atoms with Crippen LogP contribution in [0, 0.1) is 0 Å². The highest BCUT2D eigenvalue weighted by atomic mass is 35.5. The van der Waals surface area contributed by atoms with Crippen LogP contribution in [0.5, 0.6) is 11.5 Å². The third-order valence-corrected chi connectivity index (χ3v) is 3.98. The Hall–Kier alpha value is -2.73. The Labute approximate surface area is 156 Å². The van der Waals surface area contributed by atoms with Gasteiger partial charge in [0, 0.05) is 24.2 Å². The van der Waals surface area contributed by atoms with Crippen LogP contribution in [0.3, 0.4) is 0 Å². The second kappa shape index (κ2) is 9.10. The Bertz CT molecular complexity index is 776. The molecule has 0 aliphatic carbocycles. The summed E-state index contributed by atoms with van der Waals surface area (Å²) in [7, 11) is 3.05. The van der Waals surface area contributed by atoms with Gasteiger partial charge in [0.25, 0.3) is 5.91 Å². The molecule has 0 bridgehead atoms. The first kappa shape index (κ1) is 19.6. The zero-order chi connectivity index (χ0) is 19.1. The van der Waals surface area contributed by atoms with Crippen LogP contribution in [0.4, 0.5) is 0 Å². The van der Waals surface area contributed by atoms with E-state index in [0.29, 0.717) is 28.7 Å². The fraction of sp³-hybridized carbons (Fsp3) is 0.263. The minimum absolute atomic E-state index is 0.109. The van der Waals surface area contributed by atoms with Crippen LogP contribution in [0.2, 0.25) is 5.02 Å². The minimum atomic E-state index is -0.951. The number of methoxy groups -OCH3 is 1. The van der Waals surface area contributed by atoms with E-state index in [9.17, 15) is 9.59 Å². The SMILES string of the molecule is COc1cc(C(=O)N(C)CCC(=O)O)ccc1OCc1ccc(Cl)cc1. The summed E-state index contributed by atoms with van der Waals surface area (Å²) in [5, 5.41) is 9.37. The smallest absolute Gasteiger partial charge is 0.305 e. The Morgan fingerprint density at radius 3 is 2.42 bits per heavy atom. The number of rotatable bonds is 8. The average molecular weight is 378 g/mol. The summed E-state index contributed by atoms with van der Waals surface area (Å²) >= 11 is 5.86. The maximum atomic E-state index is 12.4. The number of hydrogen-bond acceptors (Lipinski definition) is 4. The van der Waals surface area contributed by atoms with Gasteiger partial charge in [0.1, 0.15) is 6.61 Å². The number of aliphatic carboxylic acids is 1. The number of nitrogens with zero attached hydrogens (tertiary/aromatic N) is 1. The van der Waals surface area contributed by atoms with E-state index in [-0.39, 0.29) is 18.9 Å². The number of carboxylic acid groups (broad SMARTS) is 1. The number of amides is 1. The van der Waals surface area contributed by atoms with Crippen LogP contribution in [0.25, 0.3) is 0 Å². The van der Waals surface area contributed by atoms with Gasteiger partial charge in [-0.05, 0) is 35.9 Å². The van der Waals surface area contributed by atoms with Crippen molar-refractivity contribution >= 4 is 23.5 Å². The number of carbonyl (C=O) groups is 2. The molecule has 0 heterocycles. The summed E-state index contributed by atoms with van der Waals surface area (Å²) in [5.41, 5.74) is 1.35. The van der Waals surface area contributed by atoms with E-state index in [1.807, 2.05) is 12.1 Å². The highest BCUT2D eigenvalue weighted by Crippen LogP contribution is 2.29. The van der Waals surface area contributed by atoms with Crippen LogP contribution in [-0.2, 0) is 11.4 Å². The van der Waals surface area contributed by atoms with Gasteiger partial charge in [0.05, 0.1) is 13.5 Å². The summed E-state index contributed by atoms with van der Waals surface area (Å²) in [5.74, 6) is -0.300. The van der Waals surface area contributed by atoms with E-state index in [4.69, 9.17) is 26.2 Å². The lowest BCUT2D eigenvalue weighted by Crippen LogP contribution is -2.29. The van der Waals surface area contributed by atoms with Gasteiger partial charge < -0.3 is 19.5 Å². The maximum absolute atomic E-state index is 12.4. The molecule has 0 saturated carbocycles. The fourth-order valence-electron chi connectivity index (χ4n) is 2.25. The maximum Gasteiger partial charge on any atom is 0.305 e. The molecule has 2 aromatic rings. The number of ether oxygens (including phenoxy) is 2. The highest BCUT2D eigenvalue weighted by molar-refractivity contribution is 6.30. The second-order valence-corrected chi connectivity index (χ2v) is 6.09. The lowest BCUT2D eigenvalue weighted by Gasteiger charge is -2.17. The molecule has 0 spiro atoms. The molecular formula is C19H20ClNO5. The molecule has 7 heteroatoms. The van der Waals surface area contributed by atoms with Gasteiger partial charge in [-0.2, -0.15) is 0 Å². The molecule has 6 nitrogen and oxygen atoms in total. The van der Waals surface area contributed by atoms with Gasteiger partial charge >= 0.3 is 5.97 Å². The Kier molecular flexibility index (Phi) is 6.86. The summed E-state index contributed by atoms with van der Waals surface area (Å²) < 4.78 is 11.1. The summed E-state index contributed by atoms with van der Waals surface area (Å²) in [6.45, 7) is 0.463. The van der Waals surface area contributed by atoms with E-state index in [0.717, 1.165) is 5.56 Å². The third kappa shape index (κ3) is 5.39. The monoisotopic (exact) mass is 377 g/mol. The van der Waals surface area contributed by atoms with Gasteiger partial charge in [-0.25, -0.2) is 0 Å². The van der Waals surface area contributed by atoms with Crippen molar-refractivity contribution in [1.82, 2.24) is 4.90 Å². The molecular weight excluding hydrogens is 358 g/mol. The van der Waals surface area contributed by atoms with Crippen molar-refractivity contribution in [3.63, 3.8) is 0 Å². The van der Waals surface area contributed by atoms with Crippen LogP contribution in [-0.4, -0.2) is 42.6 Å². The summed E-state index contributed by atoms with van der Waals surface area (Å²) in [6, 6.07) is 12.2. The fourth-order valence-corrected chi connectivity index (χ4v) is 2.37. The Balaban J connectivity index is 2.07. The number of benzene rings is 2. The topological polar surface area (TPSA) is 76.1 Å². The normalized spacial score (nSPS) is 10.3. The zero-order valence-electron chi connectivity index (χ0n) is 14.6. The van der Waals surface area contributed by atoms with Crippen LogP contribution >= 0.6 is 11.6 Å². The van der Waals surface area contributed by atoms with Crippen molar-refractivity contribution in [2.45, 2.75) is 13.0 Å². The molecule has 0 fully saturated rings. The van der Waals surface area contributed by atoms with Gasteiger partial charge in [-0.15, -0.1) is 0 Å². The van der Waals surface area contributed by atoms with Crippen LogP contribution < -0.4 is 9.47 Å². The molecule has 0 saturated heterocycles. The molecule has 2 aromatic carbocycles. The summed E-state index contributed by atoms with van der Waals surface area (Å²) in [4.78, 5) is 24.4. The molecule has 0 radical (unpaired) electrons. The quantitative estimate of drug-likeness (QED) is 0.762. The van der Waals surface area contributed by atoms with Crippen molar-refractivity contribution in [3.8, 4) is 11.5 Å². The van der Waals surface area contributed by atoms with Crippen LogP contribution in [0.1, 0.15) is 22.3 Å². The minimum Gasteiger partial charge on any atom is -0.493 e. The highest BCUT2D eigenvalue weighted by Gasteiger charge is 2.16. The lowest BCUT2D eigenvalue weighted by atomic mass is 10.1. The Morgan fingerprint density at radius 2 is 1.81 bits per heavy atom. The molecule has 1 amide bonds. The molecule has 0 unspecified atom stereocenters. The molecule has 0 atom stereocenters. The van der Waals surface area contributed by atoms with E-state index in [1.165, 1.54) is 12.0 Å². The predicted molar refractivity (Wildman–Crippen MR) is 98.0 cm³/mol. The first-order chi connectivity index (χ1) is 12.4. The predicted octanol–water partition coefficient (Wildman–Crippen LogP) is 3.47. The summed E-state index contributed by atoms with van der Waals surface area (Å²) in [6.07, 6.45) is -0.109. The molecule has 138 valence electrons. The van der Waals surface area contributed by atoms with E-state index in [1.54, 1.807) is 37.4 Å². The van der Waals surface area contributed by atoms with Crippen LogP contribution in [0.15, 0.2) is 42.5 Å². The third-order valence-electron chi connectivity index (χ3n) is 3.73. The van der Waals surface area contributed by atoms with Crippen molar-refractivity contribution in [1.29, 1.82) is 0 Å². The van der Waals surface area contributed by atoms with E-state index >= 15 is 0 Å². The number of carbonyl (C=O) groups excluding carboxylic acids is 1. The van der Waals surface area contributed by atoms with Gasteiger partial charge in [-0.3, -0.25) is 9.59 Å². The van der Waals surface area contributed by atoms with Crippen molar-refractivity contribution < 1.29 is 24.2 Å². The standard InChI is InChI=1S/C19H20ClNO5/c1-21(10-9-18(22)23)19(24)14-5-8-16(17(11-14)25-2)26-12-13-3-6-15(20)7-4-13/h3-8,11H,9-10,12H2,1-2H3,(H,22,23). The number of hydrogen-bond donors (Lipinski definition) is 1. The van der Waals surface area contributed by atoms with E-state index < -0.39 is 5.97 Å². The molecule has 0 aliphatic rings. The second-order valence-electron chi connectivity index (χ2n) is 5.65. The van der Waals surface area contributed by atoms with Crippen molar-refractivity contribution in [2.24, 2.45) is 0 Å². The molecule has 1 N–H and O–H groups in total. The average Bonchev–Trinajstić information content (AvgIpc) is 2.64. The lowest BCUT2D eigenvalue weighted by molar-refractivity contribution is -0.137. The molecule has 0 aliphatic heterocycles. The first-order valence-electron chi connectivity index (χ1n) is 7.93. The molecule has 26 heavy (non-hydrogen) atoms. The van der Waals surface area contributed by atoms with Crippen molar-refractivity contribution in [3.05, 3.63) is 58.6 Å². The largest absolute Gasteiger partial charge is 0.493 e.